The lowest BCUT2D eigenvalue weighted by Crippen LogP contribution is -2.34. The van der Waals surface area contributed by atoms with Crippen LogP contribution in [0.3, 0.4) is 0 Å². The number of ether oxygens (including phenoxy) is 1. The van der Waals surface area contributed by atoms with E-state index in [1.165, 1.54) is 23.5 Å². The quantitative estimate of drug-likeness (QED) is 0.196. The number of anilines is 1. The van der Waals surface area contributed by atoms with E-state index in [9.17, 15) is 13.2 Å². The minimum absolute atomic E-state index is 0.0412. The van der Waals surface area contributed by atoms with Crippen molar-refractivity contribution in [3.8, 4) is 5.75 Å². The average Bonchev–Trinajstić information content (AvgIpc) is 3.04. The SMILES string of the molecule is COc1ccc(S(=O)(=O)N(Cc2ccccc2)c2ccccc2C(=O)N[C@H](c2ccccc2)c2ccc(C)cc2)cc1. The third kappa shape index (κ3) is 6.37. The van der Waals surface area contributed by atoms with E-state index in [4.69, 9.17) is 4.74 Å². The second-order valence-corrected chi connectivity index (χ2v) is 11.8. The lowest BCUT2D eigenvalue weighted by atomic mass is 9.97. The Hall–Kier alpha value is -4.88. The fraction of sp³-hybridized carbons (Fsp3) is 0.114. The zero-order valence-electron chi connectivity index (χ0n) is 23.5. The van der Waals surface area contributed by atoms with Crippen molar-refractivity contribution in [2.24, 2.45) is 0 Å². The molecule has 0 unspecified atom stereocenters. The number of sulfonamides is 1. The van der Waals surface area contributed by atoms with Gasteiger partial charge in [-0.3, -0.25) is 9.10 Å². The topological polar surface area (TPSA) is 75.7 Å². The lowest BCUT2D eigenvalue weighted by Gasteiger charge is -2.27. The van der Waals surface area contributed by atoms with Crippen molar-refractivity contribution in [1.29, 1.82) is 0 Å². The van der Waals surface area contributed by atoms with Gasteiger partial charge in [0.2, 0.25) is 0 Å². The molecule has 6 nitrogen and oxygen atoms in total. The van der Waals surface area contributed by atoms with Gasteiger partial charge in [0, 0.05) is 0 Å². The number of amides is 1. The fourth-order valence-electron chi connectivity index (χ4n) is 4.78. The average molecular weight is 577 g/mol. The van der Waals surface area contributed by atoms with Crippen LogP contribution in [0.4, 0.5) is 5.69 Å². The summed E-state index contributed by atoms with van der Waals surface area (Å²) in [6.07, 6.45) is 0. The molecule has 212 valence electrons. The van der Waals surface area contributed by atoms with Crippen LogP contribution in [0.25, 0.3) is 0 Å². The Balaban J connectivity index is 1.57. The van der Waals surface area contributed by atoms with Gasteiger partial charge in [-0.05, 0) is 60.0 Å². The molecule has 1 atom stereocenters. The molecule has 0 saturated carbocycles. The fourth-order valence-corrected chi connectivity index (χ4v) is 6.25. The Morgan fingerprint density at radius 2 is 1.31 bits per heavy atom. The molecular formula is C35H32N2O4S. The molecule has 0 bridgehead atoms. The molecule has 0 aliphatic rings. The van der Waals surface area contributed by atoms with Crippen molar-refractivity contribution in [2.45, 2.75) is 24.4 Å². The summed E-state index contributed by atoms with van der Waals surface area (Å²) in [4.78, 5) is 14.1. The maximum atomic E-state index is 14.2. The lowest BCUT2D eigenvalue weighted by molar-refractivity contribution is 0.0943. The number of methoxy groups -OCH3 is 1. The second kappa shape index (κ2) is 12.7. The van der Waals surface area contributed by atoms with Crippen LogP contribution >= 0.6 is 0 Å². The van der Waals surface area contributed by atoms with Gasteiger partial charge in [-0.25, -0.2) is 8.42 Å². The Bertz CT molecular complexity index is 1740. The minimum atomic E-state index is -4.07. The number of nitrogens with one attached hydrogen (secondary N) is 1. The number of hydrogen-bond acceptors (Lipinski definition) is 4. The third-order valence-corrected chi connectivity index (χ3v) is 8.83. The van der Waals surface area contributed by atoms with Crippen molar-refractivity contribution < 1.29 is 17.9 Å². The molecule has 0 saturated heterocycles. The summed E-state index contributed by atoms with van der Waals surface area (Å²) in [6, 6.07) is 39.7. The molecule has 0 aromatic heterocycles. The van der Waals surface area contributed by atoms with Crippen LogP contribution in [0.15, 0.2) is 138 Å². The monoisotopic (exact) mass is 576 g/mol. The van der Waals surface area contributed by atoms with Crippen molar-refractivity contribution >= 4 is 21.6 Å². The summed E-state index contributed by atoms with van der Waals surface area (Å²) in [6.45, 7) is 2.06. The molecule has 0 aliphatic carbocycles. The molecule has 0 radical (unpaired) electrons. The highest BCUT2D eigenvalue weighted by molar-refractivity contribution is 7.92. The first-order chi connectivity index (χ1) is 20.4. The van der Waals surface area contributed by atoms with Gasteiger partial charge >= 0.3 is 0 Å². The van der Waals surface area contributed by atoms with Crippen LogP contribution in [0.1, 0.15) is 38.7 Å². The van der Waals surface area contributed by atoms with Gasteiger partial charge in [0.25, 0.3) is 15.9 Å². The van der Waals surface area contributed by atoms with E-state index in [0.717, 1.165) is 22.3 Å². The number of nitrogens with zero attached hydrogens (tertiary/aromatic N) is 1. The second-order valence-electron chi connectivity index (χ2n) is 9.92. The van der Waals surface area contributed by atoms with Gasteiger partial charge in [-0.15, -0.1) is 0 Å². The van der Waals surface area contributed by atoms with Crippen LogP contribution in [0.2, 0.25) is 0 Å². The first-order valence-electron chi connectivity index (χ1n) is 13.6. The number of hydrogen-bond donors (Lipinski definition) is 1. The first kappa shape index (κ1) is 28.6. The zero-order chi connectivity index (χ0) is 29.5. The van der Waals surface area contributed by atoms with E-state index in [1.807, 2.05) is 91.9 Å². The van der Waals surface area contributed by atoms with Gasteiger partial charge in [0.15, 0.2) is 0 Å². The summed E-state index contributed by atoms with van der Waals surface area (Å²) in [7, 11) is -2.55. The number of para-hydroxylation sites is 1. The molecule has 0 aliphatic heterocycles. The predicted molar refractivity (Wildman–Crippen MR) is 166 cm³/mol. The van der Waals surface area contributed by atoms with Crippen molar-refractivity contribution in [3.05, 3.63) is 161 Å². The van der Waals surface area contributed by atoms with E-state index in [1.54, 1.807) is 36.4 Å². The Labute approximate surface area is 247 Å². The standard InChI is InChI=1S/C35H32N2O4S/c1-26-17-19-29(20-18-26)34(28-13-7-4-8-14-28)36-35(38)32-15-9-10-16-33(32)37(25-27-11-5-3-6-12-27)42(39,40)31-23-21-30(41-2)22-24-31/h3-24,34H,25H2,1-2H3,(H,36,38)/t34-/m1/s1. The molecule has 7 heteroatoms. The normalized spacial score (nSPS) is 11.9. The largest absolute Gasteiger partial charge is 0.497 e. The van der Waals surface area contributed by atoms with Crippen molar-refractivity contribution in [1.82, 2.24) is 5.32 Å². The smallest absolute Gasteiger partial charge is 0.264 e. The number of rotatable bonds is 10. The van der Waals surface area contributed by atoms with Crippen LogP contribution < -0.4 is 14.4 Å². The van der Waals surface area contributed by atoms with Crippen molar-refractivity contribution in [2.75, 3.05) is 11.4 Å². The predicted octanol–water partition coefficient (Wildman–Crippen LogP) is 6.92. The van der Waals surface area contributed by atoms with Gasteiger partial charge in [-0.1, -0.05) is 103 Å². The van der Waals surface area contributed by atoms with Crippen LogP contribution in [-0.4, -0.2) is 21.4 Å². The van der Waals surface area contributed by atoms with Gasteiger partial charge in [-0.2, -0.15) is 0 Å². The third-order valence-electron chi connectivity index (χ3n) is 7.05. The molecule has 5 aromatic rings. The Morgan fingerprint density at radius 1 is 0.738 bits per heavy atom. The van der Waals surface area contributed by atoms with E-state index in [2.05, 4.69) is 5.32 Å². The van der Waals surface area contributed by atoms with Crippen LogP contribution in [0.5, 0.6) is 5.75 Å². The molecular weight excluding hydrogens is 544 g/mol. The number of aryl methyl sites for hydroxylation is 1. The highest BCUT2D eigenvalue weighted by Crippen LogP contribution is 2.31. The summed E-state index contributed by atoms with van der Waals surface area (Å²) in [5.74, 6) is 0.161. The molecule has 1 N–H and O–H groups in total. The minimum Gasteiger partial charge on any atom is -0.497 e. The summed E-state index contributed by atoms with van der Waals surface area (Å²) in [5.41, 5.74) is 4.27. The summed E-state index contributed by atoms with van der Waals surface area (Å²) in [5, 5.41) is 3.17. The maximum absolute atomic E-state index is 14.2. The van der Waals surface area contributed by atoms with Gasteiger partial charge in [0.05, 0.1) is 35.8 Å². The molecule has 0 fully saturated rings. The van der Waals surface area contributed by atoms with Crippen LogP contribution in [-0.2, 0) is 16.6 Å². The summed E-state index contributed by atoms with van der Waals surface area (Å²) < 4.78 is 34.8. The van der Waals surface area contributed by atoms with Gasteiger partial charge in [0.1, 0.15) is 5.75 Å². The van der Waals surface area contributed by atoms with E-state index in [-0.39, 0.29) is 28.6 Å². The Kier molecular flexibility index (Phi) is 8.69. The molecule has 5 rings (SSSR count). The maximum Gasteiger partial charge on any atom is 0.264 e. The van der Waals surface area contributed by atoms with Crippen molar-refractivity contribution in [3.63, 3.8) is 0 Å². The Morgan fingerprint density at radius 3 is 1.95 bits per heavy atom. The van der Waals surface area contributed by atoms with Gasteiger partial charge < -0.3 is 10.1 Å². The first-order valence-corrected chi connectivity index (χ1v) is 15.0. The molecule has 5 aromatic carbocycles. The molecule has 0 spiro atoms. The highest BCUT2D eigenvalue weighted by Gasteiger charge is 2.29. The van der Waals surface area contributed by atoms with E-state index < -0.39 is 16.1 Å². The van der Waals surface area contributed by atoms with E-state index >= 15 is 0 Å². The van der Waals surface area contributed by atoms with Crippen LogP contribution in [0, 0.1) is 6.92 Å². The number of carbonyl (C=O) groups excluding carboxylic acids is 1. The molecule has 0 heterocycles. The highest BCUT2D eigenvalue weighted by atomic mass is 32.2. The summed E-state index contributed by atoms with van der Waals surface area (Å²) >= 11 is 0. The molecule has 42 heavy (non-hydrogen) atoms. The number of carbonyl (C=O) groups is 1. The van der Waals surface area contributed by atoms with E-state index in [0.29, 0.717) is 5.75 Å². The number of benzene rings is 5. The zero-order valence-corrected chi connectivity index (χ0v) is 24.3. The molecule has 1 amide bonds.